The summed E-state index contributed by atoms with van der Waals surface area (Å²) in [4.78, 5) is 2.27. The number of hydrogen-bond donors (Lipinski definition) is 0. The second-order valence-corrected chi connectivity index (χ2v) is 23.8. The molecule has 0 N–H and O–H groups in total. The zero-order chi connectivity index (χ0) is 15.3. The van der Waals surface area contributed by atoms with Crippen molar-refractivity contribution in [2.75, 3.05) is 0 Å². The van der Waals surface area contributed by atoms with Gasteiger partial charge in [-0.25, -0.2) is 0 Å². The molecule has 0 aliphatic heterocycles. The molecule has 0 saturated heterocycles. The first kappa shape index (κ1) is 23.5. The van der Waals surface area contributed by atoms with Crippen LogP contribution in [0.5, 0.6) is 0 Å². The summed E-state index contributed by atoms with van der Waals surface area (Å²) in [6, 6.07) is 8.86. The van der Waals surface area contributed by atoms with Gasteiger partial charge in [0, 0.05) is 0 Å². The van der Waals surface area contributed by atoms with Gasteiger partial charge >= 0.3 is 18.9 Å². The van der Waals surface area contributed by atoms with Gasteiger partial charge in [-0.15, -0.1) is 0 Å². The molecule has 0 amide bonds. The van der Waals surface area contributed by atoms with Crippen LogP contribution >= 0.6 is 0 Å². The summed E-state index contributed by atoms with van der Waals surface area (Å²) in [5, 5.41) is 0. The quantitative estimate of drug-likeness (QED) is 0.450. The summed E-state index contributed by atoms with van der Waals surface area (Å²) in [5.41, 5.74) is 0. The fraction of sp³-hybridized carbons (Fsp3) is 0.938. The molecule has 116 valence electrons. The predicted octanol–water partition coefficient (Wildman–Crippen LogP) is 3.54. The van der Waals surface area contributed by atoms with E-state index in [1.807, 2.05) is 0 Å². The molecule has 4 heteroatoms. The first-order valence-corrected chi connectivity index (χ1v) is 17.4. The van der Waals surface area contributed by atoms with Crippen molar-refractivity contribution >= 4 is 24.2 Å². The van der Waals surface area contributed by atoms with Crippen LogP contribution < -0.4 is 18.9 Å². The van der Waals surface area contributed by atoms with Gasteiger partial charge in [-0.05, 0) is 0 Å². The van der Waals surface area contributed by atoms with E-state index in [1.165, 1.54) is 36.3 Å². The maximum Gasteiger partial charge on any atom is 1.00 e. The van der Waals surface area contributed by atoms with Crippen LogP contribution in [0.15, 0.2) is 0 Å². The molecule has 0 aliphatic rings. The van der Waals surface area contributed by atoms with Crippen molar-refractivity contribution < 1.29 is 18.9 Å². The Balaban J connectivity index is 0. The minimum atomic E-state index is -1.14. The van der Waals surface area contributed by atoms with Crippen molar-refractivity contribution in [2.24, 2.45) is 0 Å². The van der Waals surface area contributed by atoms with Gasteiger partial charge < -0.3 is 4.79 Å². The maximum absolute atomic E-state index is 2.72. The Morgan fingerprint density at radius 2 is 0.650 bits per heavy atom. The number of rotatable bonds is 9. The van der Waals surface area contributed by atoms with Gasteiger partial charge in [0.1, 0.15) is 0 Å². The van der Waals surface area contributed by atoms with E-state index in [-0.39, 0.29) is 18.9 Å². The van der Waals surface area contributed by atoms with Gasteiger partial charge in [0.05, 0.1) is 0 Å². The normalized spacial score (nSPS) is 13.5. The van der Waals surface area contributed by atoms with Crippen LogP contribution in [0.3, 0.4) is 0 Å². The van der Waals surface area contributed by atoms with Crippen LogP contribution in [0.4, 0.5) is 0 Å². The molecule has 0 spiro atoms. The van der Waals surface area contributed by atoms with E-state index in [1.54, 1.807) is 0 Å². The summed E-state index contributed by atoms with van der Waals surface area (Å²) in [6.07, 6.45) is 0. The van der Waals surface area contributed by atoms with Crippen molar-refractivity contribution in [3.05, 3.63) is 4.79 Å². The Labute approximate surface area is 145 Å². The van der Waals surface area contributed by atoms with Crippen molar-refractivity contribution in [1.29, 1.82) is 0 Å². The Bertz CT molecular complexity index is 214. The van der Waals surface area contributed by atoms with E-state index in [9.17, 15) is 0 Å². The van der Waals surface area contributed by atoms with Gasteiger partial charge in [0.25, 0.3) is 0 Å². The SMILES string of the molecule is CC[Si](C)(CC)[C-]([Si](C)(CC)CC)[Si](C)(CC)CC.[Li+]. The zero-order valence-electron chi connectivity index (χ0n) is 16.2. The summed E-state index contributed by atoms with van der Waals surface area (Å²) < 4.78 is 0. The van der Waals surface area contributed by atoms with Crippen LogP contribution in [0, 0.1) is 4.79 Å². The van der Waals surface area contributed by atoms with Gasteiger partial charge in [-0.3, -0.25) is 0 Å². The van der Waals surface area contributed by atoms with Crippen molar-refractivity contribution in [3.63, 3.8) is 0 Å². The van der Waals surface area contributed by atoms with E-state index < -0.39 is 24.2 Å². The molecule has 0 aromatic rings. The van der Waals surface area contributed by atoms with Gasteiger partial charge in [0.2, 0.25) is 0 Å². The molecular formula is C16H39LiSi3. The van der Waals surface area contributed by atoms with Crippen LogP contribution in [0.25, 0.3) is 0 Å². The third-order valence-electron chi connectivity index (χ3n) is 6.49. The molecule has 0 aromatic carbocycles. The smallest absolute Gasteiger partial charge is 0.310 e. The molecule has 0 nitrogen and oxygen atoms in total. The number of hydrogen-bond acceptors (Lipinski definition) is 0. The van der Waals surface area contributed by atoms with Crippen molar-refractivity contribution in [3.8, 4) is 0 Å². The topological polar surface area (TPSA) is 0 Å². The third-order valence-corrected chi connectivity index (χ3v) is 30.3. The van der Waals surface area contributed by atoms with Gasteiger partial charge in [-0.2, -0.15) is 0 Å². The molecule has 0 bridgehead atoms. The average Bonchev–Trinajstić information content (AvgIpc) is 2.46. The van der Waals surface area contributed by atoms with E-state index in [0.717, 1.165) is 0 Å². The fourth-order valence-electron chi connectivity index (χ4n) is 4.00. The largest absolute Gasteiger partial charge is 1.00 e. The van der Waals surface area contributed by atoms with Crippen LogP contribution in [-0.2, 0) is 0 Å². The van der Waals surface area contributed by atoms with E-state index >= 15 is 0 Å². The minimum absolute atomic E-state index is 0. The van der Waals surface area contributed by atoms with E-state index in [0.29, 0.717) is 0 Å². The van der Waals surface area contributed by atoms with Crippen molar-refractivity contribution in [1.82, 2.24) is 0 Å². The molecule has 0 rings (SSSR count). The molecule has 0 unspecified atom stereocenters. The Hall–Kier alpha value is 1.25. The van der Waals surface area contributed by atoms with E-state index in [2.05, 4.69) is 66.0 Å². The first-order valence-electron chi connectivity index (χ1n) is 8.61. The summed E-state index contributed by atoms with van der Waals surface area (Å²) in [7, 11) is -3.42. The predicted molar refractivity (Wildman–Crippen MR) is 101 cm³/mol. The molecule has 0 fully saturated rings. The zero-order valence-corrected chi connectivity index (χ0v) is 19.2. The second-order valence-electron chi connectivity index (χ2n) is 7.18. The molecule has 0 radical (unpaired) electrons. The maximum atomic E-state index is 2.72. The fourth-order valence-corrected chi connectivity index (χ4v) is 31.5. The monoisotopic (exact) mass is 322 g/mol. The van der Waals surface area contributed by atoms with E-state index in [4.69, 9.17) is 0 Å². The molecular weight excluding hydrogens is 283 g/mol. The van der Waals surface area contributed by atoms with Crippen LogP contribution in [0.1, 0.15) is 41.5 Å². The van der Waals surface area contributed by atoms with Gasteiger partial charge in [-0.1, -0.05) is 122 Å². The standard InChI is InChI=1S/C16H39Si3.Li/c1-10-17(7,11-2)16(18(8,12-3)13-4)19(9,14-5)15-6;/h10-15H2,1-9H3;/q-1;+1. The molecule has 0 saturated carbocycles. The Kier molecular flexibility index (Phi) is 11.1. The van der Waals surface area contributed by atoms with Crippen molar-refractivity contribution in [2.45, 2.75) is 97.4 Å². The average molecular weight is 323 g/mol. The molecule has 0 aromatic heterocycles. The minimum Gasteiger partial charge on any atom is -0.310 e. The molecule has 0 aliphatic carbocycles. The first-order chi connectivity index (χ1) is 8.73. The summed E-state index contributed by atoms with van der Waals surface area (Å²) >= 11 is 0. The molecule has 0 heterocycles. The van der Waals surface area contributed by atoms with Gasteiger partial charge in [0.15, 0.2) is 0 Å². The molecule has 0 atom stereocenters. The second kappa shape index (κ2) is 9.40. The van der Waals surface area contributed by atoms with Crippen LogP contribution in [0.2, 0.25) is 55.9 Å². The molecule has 20 heavy (non-hydrogen) atoms. The third kappa shape index (κ3) is 4.62. The van der Waals surface area contributed by atoms with Crippen LogP contribution in [-0.4, -0.2) is 24.2 Å². The summed E-state index contributed by atoms with van der Waals surface area (Å²) in [5.74, 6) is 0. The Morgan fingerprint density at radius 1 is 0.500 bits per heavy atom. The Morgan fingerprint density at radius 3 is 0.750 bits per heavy atom. The summed E-state index contributed by atoms with van der Waals surface area (Å²) in [6.45, 7) is 23.0.